The van der Waals surface area contributed by atoms with Gasteiger partial charge in [0.1, 0.15) is 24.1 Å². The lowest BCUT2D eigenvalue weighted by molar-refractivity contribution is 0.0590. The second kappa shape index (κ2) is 8.78. The smallest absolute Gasteiger partial charge is 0.256 e. The molecule has 3 aromatic heterocycles. The molecular formula is C22H21N7O4S. The monoisotopic (exact) mass is 479 g/mol. The molecule has 1 aliphatic rings. The van der Waals surface area contributed by atoms with Crippen LogP contribution in [-0.2, 0) is 9.84 Å². The number of likely N-dealkylation sites (tertiary alicyclic amines) is 1. The van der Waals surface area contributed by atoms with E-state index in [-0.39, 0.29) is 16.9 Å². The Kier molecular flexibility index (Phi) is 5.65. The Morgan fingerprint density at radius 3 is 2.38 bits per heavy atom. The Bertz CT molecular complexity index is 1430. The number of nitrogens with zero attached hydrogens (tertiary/aromatic N) is 7. The number of hydrogen-bond acceptors (Lipinski definition) is 9. The first-order valence-electron chi connectivity index (χ1n) is 10.6. The fourth-order valence-corrected chi connectivity index (χ4v) is 4.50. The molecule has 1 fully saturated rings. The number of benzene rings is 1. The largest absolute Gasteiger partial charge is 0.474 e. The summed E-state index contributed by atoms with van der Waals surface area (Å²) in [7, 11) is -3.29. The zero-order chi connectivity index (χ0) is 23.7. The zero-order valence-electron chi connectivity index (χ0n) is 18.3. The van der Waals surface area contributed by atoms with E-state index in [9.17, 15) is 13.2 Å². The summed E-state index contributed by atoms with van der Waals surface area (Å²) < 4.78 is 31.2. The minimum absolute atomic E-state index is 0.0911. The lowest BCUT2D eigenvalue weighted by Gasteiger charge is -2.31. The average molecular weight is 480 g/mol. The summed E-state index contributed by atoms with van der Waals surface area (Å²) in [6, 6.07) is 6.42. The molecule has 4 heterocycles. The van der Waals surface area contributed by atoms with Gasteiger partial charge in [0.25, 0.3) is 5.91 Å². The molecule has 0 aliphatic carbocycles. The average Bonchev–Trinajstić information content (AvgIpc) is 3.29. The topological polar surface area (TPSA) is 133 Å². The molecule has 1 saturated heterocycles. The van der Waals surface area contributed by atoms with Crippen molar-refractivity contribution in [2.24, 2.45) is 0 Å². The van der Waals surface area contributed by atoms with E-state index in [2.05, 4.69) is 25.0 Å². The number of fused-ring (bicyclic) bond motifs is 1. The third-order valence-corrected chi connectivity index (χ3v) is 6.78. The summed E-state index contributed by atoms with van der Waals surface area (Å²) in [5.41, 5.74) is 1.69. The van der Waals surface area contributed by atoms with Crippen LogP contribution >= 0.6 is 0 Å². The van der Waals surface area contributed by atoms with Crippen molar-refractivity contribution >= 4 is 26.8 Å². The summed E-state index contributed by atoms with van der Waals surface area (Å²) in [6.07, 6.45) is 9.84. The number of sulfone groups is 1. The van der Waals surface area contributed by atoms with Gasteiger partial charge in [-0.15, -0.1) is 0 Å². The molecule has 174 valence electrons. The Labute approximate surface area is 195 Å². The van der Waals surface area contributed by atoms with Gasteiger partial charge in [-0.05, 0) is 24.3 Å². The zero-order valence-corrected chi connectivity index (χ0v) is 19.1. The summed E-state index contributed by atoms with van der Waals surface area (Å²) >= 11 is 0. The normalized spacial score (nSPS) is 14.9. The first kappa shape index (κ1) is 21.9. The van der Waals surface area contributed by atoms with Gasteiger partial charge in [-0.25, -0.2) is 33.0 Å². The lowest BCUT2D eigenvalue weighted by atomic mass is 10.1. The predicted molar refractivity (Wildman–Crippen MR) is 121 cm³/mol. The number of carbonyl (C=O) groups excluding carboxylic acids is 1. The van der Waals surface area contributed by atoms with E-state index < -0.39 is 9.84 Å². The Morgan fingerprint density at radius 1 is 1.00 bits per heavy atom. The second-order valence-electron chi connectivity index (χ2n) is 7.98. The highest BCUT2D eigenvalue weighted by atomic mass is 32.2. The van der Waals surface area contributed by atoms with Gasteiger partial charge in [-0.2, -0.15) is 5.10 Å². The molecule has 4 aromatic rings. The van der Waals surface area contributed by atoms with Crippen LogP contribution < -0.4 is 4.74 Å². The molecule has 1 aromatic carbocycles. The quantitative estimate of drug-likeness (QED) is 0.419. The molecule has 0 saturated carbocycles. The van der Waals surface area contributed by atoms with Crippen molar-refractivity contribution < 1.29 is 17.9 Å². The van der Waals surface area contributed by atoms with E-state index in [0.29, 0.717) is 54.1 Å². The first-order valence-corrected chi connectivity index (χ1v) is 12.5. The fourth-order valence-electron chi connectivity index (χ4n) is 3.87. The Morgan fingerprint density at radius 2 is 1.71 bits per heavy atom. The number of piperidine rings is 1. The first-order chi connectivity index (χ1) is 16.4. The maximum atomic E-state index is 12.6. The third-order valence-electron chi connectivity index (χ3n) is 5.65. The Hall–Kier alpha value is -3.93. The van der Waals surface area contributed by atoms with Gasteiger partial charge < -0.3 is 9.64 Å². The number of amides is 1. The maximum absolute atomic E-state index is 12.6. The van der Waals surface area contributed by atoms with Crippen LogP contribution in [0.25, 0.3) is 16.7 Å². The molecule has 1 aliphatic heterocycles. The number of hydrogen-bond donors (Lipinski definition) is 0. The molecular weight excluding hydrogens is 458 g/mol. The van der Waals surface area contributed by atoms with E-state index in [1.165, 1.54) is 43.4 Å². The summed E-state index contributed by atoms with van der Waals surface area (Å²) in [5, 5.41) is 5.05. The minimum atomic E-state index is -3.29. The molecule has 0 atom stereocenters. The molecule has 5 rings (SSSR count). The molecule has 0 radical (unpaired) electrons. The highest BCUT2D eigenvalue weighted by Gasteiger charge is 2.26. The number of ether oxygens (including phenoxy) is 1. The van der Waals surface area contributed by atoms with Crippen molar-refractivity contribution in [3.05, 3.63) is 61.1 Å². The standard InChI is InChI=1S/C22H21N7O4S/c1-34(31,32)18-4-2-16(3-5-18)29-20-19(12-27-29)21(26-14-25-20)33-17-6-8-28(9-7-17)22(30)15-10-23-13-24-11-15/h2-5,10-14,17H,6-9H2,1H3. The predicted octanol–water partition coefficient (Wildman–Crippen LogP) is 1.69. The Balaban J connectivity index is 1.30. The van der Waals surface area contributed by atoms with Crippen molar-refractivity contribution in [1.82, 2.24) is 34.6 Å². The molecule has 34 heavy (non-hydrogen) atoms. The van der Waals surface area contributed by atoms with Crippen molar-refractivity contribution in [3.8, 4) is 11.6 Å². The molecule has 11 nitrogen and oxygen atoms in total. The van der Waals surface area contributed by atoms with E-state index in [4.69, 9.17) is 4.74 Å². The van der Waals surface area contributed by atoms with Gasteiger partial charge in [0.2, 0.25) is 5.88 Å². The molecule has 1 amide bonds. The minimum Gasteiger partial charge on any atom is -0.474 e. The van der Waals surface area contributed by atoms with E-state index >= 15 is 0 Å². The van der Waals surface area contributed by atoms with E-state index in [1.807, 2.05) is 0 Å². The van der Waals surface area contributed by atoms with Crippen LogP contribution in [0.3, 0.4) is 0 Å². The van der Waals surface area contributed by atoms with Crippen molar-refractivity contribution in [1.29, 1.82) is 0 Å². The summed E-state index contributed by atoms with van der Waals surface area (Å²) in [6.45, 7) is 1.11. The van der Waals surface area contributed by atoms with E-state index in [1.54, 1.807) is 27.9 Å². The van der Waals surface area contributed by atoms with Crippen LogP contribution in [0.1, 0.15) is 23.2 Å². The number of aromatic nitrogens is 6. The van der Waals surface area contributed by atoms with Crippen LogP contribution in [0, 0.1) is 0 Å². The van der Waals surface area contributed by atoms with Gasteiger partial charge in [-0.3, -0.25) is 4.79 Å². The summed E-state index contributed by atoms with van der Waals surface area (Å²) in [4.78, 5) is 31.0. The van der Waals surface area contributed by atoms with E-state index in [0.717, 1.165) is 0 Å². The van der Waals surface area contributed by atoms with Crippen LogP contribution in [0.4, 0.5) is 0 Å². The maximum Gasteiger partial charge on any atom is 0.256 e. The fraction of sp³-hybridized carbons (Fsp3) is 0.273. The molecule has 0 N–H and O–H groups in total. The van der Waals surface area contributed by atoms with Crippen molar-refractivity contribution in [2.45, 2.75) is 23.8 Å². The van der Waals surface area contributed by atoms with Crippen LogP contribution in [-0.4, -0.2) is 74.4 Å². The summed E-state index contributed by atoms with van der Waals surface area (Å²) in [5.74, 6) is 0.330. The van der Waals surface area contributed by atoms with Gasteiger partial charge in [-0.1, -0.05) is 0 Å². The van der Waals surface area contributed by atoms with Gasteiger partial charge in [0.05, 0.1) is 22.3 Å². The highest BCUT2D eigenvalue weighted by molar-refractivity contribution is 7.90. The van der Waals surface area contributed by atoms with Gasteiger partial charge >= 0.3 is 0 Å². The SMILES string of the molecule is CS(=O)(=O)c1ccc(-n2ncc3c(OC4CCN(C(=O)c5cncnc5)CC4)ncnc32)cc1. The molecule has 0 bridgehead atoms. The lowest BCUT2D eigenvalue weighted by Crippen LogP contribution is -2.41. The third kappa shape index (κ3) is 4.31. The molecule has 12 heteroatoms. The van der Waals surface area contributed by atoms with Crippen LogP contribution in [0.15, 0.2) is 60.4 Å². The highest BCUT2D eigenvalue weighted by Crippen LogP contribution is 2.27. The van der Waals surface area contributed by atoms with Gasteiger partial charge in [0.15, 0.2) is 15.5 Å². The molecule has 0 unspecified atom stereocenters. The van der Waals surface area contributed by atoms with Crippen LogP contribution in [0.5, 0.6) is 5.88 Å². The van der Waals surface area contributed by atoms with Crippen molar-refractivity contribution in [3.63, 3.8) is 0 Å². The van der Waals surface area contributed by atoms with Gasteiger partial charge in [0, 0.05) is 44.6 Å². The van der Waals surface area contributed by atoms with Crippen LogP contribution in [0.2, 0.25) is 0 Å². The number of rotatable bonds is 5. The molecule has 0 spiro atoms. The van der Waals surface area contributed by atoms with Crippen molar-refractivity contribution in [2.75, 3.05) is 19.3 Å². The number of carbonyl (C=O) groups is 1. The second-order valence-corrected chi connectivity index (χ2v) is 9.99.